The molecule has 0 radical (unpaired) electrons. The van der Waals surface area contributed by atoms with Gasteiger partial charge in [-0.25, -0.2) is 13.1 Å². The smallest absolute Gasteiger partial charge is 0.251 e. The summed E-state index contributed by atoms with van der Waals surface area (Å²) in [4.78, 5) is 11.9. The number of aromatic hydroxyl groups is 1. The molecule has 0 aliphatic carbocycles. The second-order valence-electron chi connectivity index (χ2n) is 5.44. The van der Waals surface area contributed by atoms with Crippen molar-refractivity contribution >= 4 is 15.9 Å². The van der Waals surface area contributed by atoms with Crippen LogP contribution in [0.1, 0.15) is 29.8 Å². The second kappa shape index (κ2) is 5.80. The molecule has 6 nitrogen and oxygen atoms in total. The molecule has 0 fully saturated rings. The van der Waals surface area contributed by atoms with Crippen LogP contribution in [0.5, 0.6) is 5.75 Å². The number of hydrogen-bond acceptors (Lipinski definition) is 4. The summed E-state index contributed by atoms with van der Waals surface area (Å²) in [5, 5.41) is 12.2. The minimum absolute atomic E-state index is 0.0474. The van der Waals surface area contributed by atoms with Crippen molar-refractivity contribution < 1.29 is 18.3 Å². The minimum Gasteiger partial charge on any atom is -0.508 e. The van der Waals surface area contributed by atoms with E-state index in [2.05, 4.69) is 10.0 Å². The van der Waals surface area contributed by atoms with E-state index in [9.17, 15) is 18.3 Å². The lowest BCUT2D eigenvalue weighted by molar-refractivity contribution is 0.0944. The third-order valence-corrected chi connectivity index (χ3v) is 3.55. The van der Waals surface area contributed by atoms with Crippen LogP contribution in [-0.2, 0) is 10.0 Å². The standard InChI is InChI=1S/C13H20N2O4S/c1-9-5-6-10(7-11(9)16)12(17)14-8-13(2,3)15-20(4,18)19/h5-7,15-16H,8H2,1-4H3,(H,14,17). The molecule has 0 aliphatic heterocycles. The predicted octanol–water partition coefficient (Wildman–Crippen LogP) is 0.758. The zero-order valence-electron chi connectivity index (χ0n) is 12.0. The highest BCUT2D eigenvalue weighted by atomic mass is 32.2. The molecular weight excluding hydrogens is 280 g/mol. The Kier molecular flexibility index (Phi) is 4.77. The van der Waals surface area contributed by atoms with Crippen LogP contribution in [0.3, 0.4) is 0 Å². The highest BCUT2D eigenvalue weighted by Gasteiger charge is 2.23. The minimum atomic E-state index is -3.35. The second-order valence-corrected chi connectivity index (χ2v) is 7.19. The van der Waals surface area contributed by atoms with Gasteiger partial charge >= 0.3 is 0 Å². The van der Waals surface area contributed by atoms with E-state index >= 15 is 0 Å². The van der Waals surface area contributed by atoms with Crippen molar-refractivity contribution in [2.45, 2.75) is 26.3 Å². The van der Waals surface area contributed by atoms with E-state index in [-0.39, 0.29) is 18.2 Å². The van der Waals surface area contributed by atoms with Gasteiger partial charge in [-0.3, -0.25) is 4.79 Å². The van der Waals surface area contributed by atoms with Crippen LogP contribution in [0, 0.1) is 6.92 Å². The molecule has 3 N–H and O–H groups in total. The van der Waals surface area contributed by atoms with Crippen LogP contribution in [0.25, 0.3) is 0 Å². The van der Waals surface area contributed by atoms with Crippen molar-refractivity contribution in [1.29, 1.82) is 0 Å². The molecule has 0 spiro atoms. The first-order chi connectivity index (χ1) is 9.00. The van der Waals surface area contributed by atoms with Crippen LogP contribution in [-0.4, -0.2) is 37.8 Å². The summed E-state index contributed by atoms with van der Waals surface area (Å²) >= 11 is 0. The predicted molar refractivity (Wildman–Crippen MR) is 77.2 cm³/mol. The quantitative estimate of drug-likeness (QED) is 0.748. The van der Waals surface area contributed by atoms with E-state index in [0.717, 1.165) is 6.26 Å². The topological polar surface area (TPSA) is 95.5 Å². The fourth-order valence-electron chi connectivity index (χ4n) is 1.69. The molecule has 0 aliphatic rings. The van der Waals surface area contributed by atoms with Crippen LogP contribution in [0.2, 0.25) is 0 Å². The summed E-state index contributed by atoms with van der Waals surface area (Å²) in [6.07, 6.45) is 1.06. The highest BCUT2D eigenvalue weighted by Crippen LogP contribution is 2.17. The molecule has 1 aromatic carbocycles. The number of benzene rings is 1. The SMILES string of the molecule is Cc1ccc(C(=O)NCC(C)(C)NS(C)(=O)=O)cc1O. The molecule has 1 rings (SSSR count). The molecule has 0 aromatic heterocycles. The lowest BCUT2D eigenvalue weighted by Gasteiger charge is -2.25. The zero-order chi connectivity index (χ0) is 15.6. The van der Waals surface area contributed by atoms with E-state index < -0.39 is 15.6 Å². The van der Waals surface area contributed by atoms with Gasteiger partial charge in [0.05, 0.1) is 6.26 Å². The molecule has 0 saturated carbocycles. The largest absolute Gasteiger partial charge is 0.508 e. The van der Waals surface area contributed by atoms with Crippen molar-refractivity contribution in [1.82, 2.24) is 10.0 Å². The maximum absolute atomic E-state index is 11.9. The van der Waals surface area contributed by atoms with Crippen molar-refractivity contribution in [3.05, 3.63) is 29.3 Å². The van der Waals surface area contributed by atoms with Crippen molar-refractivity contribution in [2.75, 3.05) is 12.8 Å². The van der Waals surface area contributed by atoms with E-state index in [1.54, 1.807) is 32.9 Å². The van der Waals surface area contributed by atoms with Gasteiger partial charge in [0.15, 0.2) is 0 Å². The molecule has 0 bridgehead atoms. The number of nitrogens with one attached hydrogen (secondary N) is 2. The van der Waals surface area contributed by atoms with Crippen molar-refractivity contribution in [3.63, 3.8) is 0 Å². The summed E-state index contributed by atoms with van der Waals surface area (Å²) in [6, 6.07) is 4.62. The van der Waals surface area contributed by atoms with Crippen LogP contribution in [0.15, 0.2) is 18.2 Å². The lowest BCUT2D eigenvalue weighted by Crippen LogP contribution is -2.51. The molecular formula is C13H20N2O4S. The van der Waals surface area contributed by atoms with Gasteiger partial charge in [-0.05, 0) is 38.5 Å². The van der Waals surface area contributed by atoms with E-state index in [1.165, 1.54) is 6.07 Å². The average Bonchev–Trinajstić information content (AvgIpc) is 2.26. The Hall–Kier alpha value is -1.60. The summed E-state index contributed by atoms with van der Waals surface area (Å²) in [7, 11) is -3.35. The summed E-state index contributed by atoms with van der Waals surface area (Å²) in [5.41, 5.74) is 0.208. The third kappa shape index (κ3) is 5.18. The molecule has 1 amide bonds. The van der Waals surface area contributed by atoms with Crippen LogP contribution < -0.4 is 10.0 Å². The number of phenolic OH excluding ortho intramolecular Hbond substituents is 1. The number of carbonyl (C=O) groups is 1. The van der Waals surface area contributed by atoms with E-state index in [0.29, 0.717) is 11.1 Å². The summed E-state index contributed by atoms with van der Waals surface area (Å²) < 4.78 is 24.8. The lowest BCUT2D eigenvalue weighted by atomic mass is 10.1. The maximum atomic E-state index is 11.9. The summed E-state index contributed by atoms with van der Waals surface area (Å²) in [5.74, 6) is -0.324. The zero-order valence-corrected chi connectivity index (χ0v) is 12.8. The Labute approximate surface area is 119 Å². The maximum Gasteiger partial charge on any atom is 0.251 e. The first-order valence-electron chi connectivity index (χ1n) is 6.07. The van der Waals surface area contributed by atoms with E-state index in [4.69, 9.17) is 0 Å². The number of carbonyl (C=O) groups excluding carboxylic acids is 1. The fourth-order valence-corrected chi connectivity index (χ4v) is 2.77. The first kappa shape index (κ1) is 16.5. The van der Waals surface area contributed by atoms with Gasteiger partial charge in [0.1, 0.15) is 5.75 Å². The highest BCUT2D eigenvalue weighted by molar-refractivity contribution is 7.88. The number of rotatable bonds is 5. The van der Waals surface area contributed by atoms with Crippen molar-refractivity contribution in [3.8, 4) is 5.75 Å². The van der Waals surface area contributed by atoms with Gasteiger partial charge in [-0.15, -0.1) is 0 Å². The first-order valence-corrected chi connectivity index (χ1v) is 7.96. The molecule has 0 heterocycles. The number of aryl methyl sites for hydroxylation is 1. The molecule has 7 heteroatoms. The number of phenols is 1. The Morgan fingerprint density at radius 1 is 1.35 bits per heavy atom. The molecule has 0 saturated heterocycles. The molecule has 0 atom stereocenters. The van der Waals surface area contributed by atoms with Gasteiger partial charge in [0.25, 0.3) is 5.91 Å². The normalized spacial score (nSPS) is 12.2. The Morgan fingerprint density at radius 3 is 2.45 bits per heavy atom. The van der Waals surface area contributed by atoms with Gasteiger partial charge in [-0.2, -0.15) is 0 Å². The third-order valence-electron chi connectivity index (χ3n) is 2.62. The van der Waals surface area contributed by atoms with Gasteiger partial charge in [0, 0.05) is 17.6 Å². The van der Waals surface area contributed by atoms with Gasteiger partial charge < -0.3 is 10.4 Å². The van der Waals surface area contributed by atoms with E-state index in [1.807, 2.05) is 0 Å². The van der Waals surface area contributed by atoms with Gasteiger partial charge in [0.2, 0.25) is 10.0 Å². The Morgan fingerprint density at radius 2 is 1.95 bits per heavy atom. The van der Waals surface area contributed by atoms with Crippen LogP contribution >= 0.6 is 0 Å². The Balaban J connectivity index is 2.69. The summed E-state index contributed by atoms with van der Waals surface area (Å²) in [6.45, 7) is 5.20. The molecule has 112 valence electrons. The number of amides is 1. The number of hydrogen-bond donors (Lipinski definition) is 3. The van der Waals surface area contributed by atoms with Crippen molar-refractivity contribution in [2.24, 2.45) is 0 Å². The average molecular weight is 300 g/mol. The van der Waals surface area contributed by atoms with Crippen LogP contribution in [0.4, 0.5) is 0 Å². The molecule has 0 unspecified atom stereocenters. The monoisotopic (exact) mass is 300 g/mol. The Bertz CT molecular complexity index is 609. The van der Waals surface area contributed by atoms with Gasteiger partial charge in [-0.1, -0.05) is 6.07 Å². The fraction of sp³-hybridized carbons (Fsp3) is 0.462. The molecule has 20 heavy (non-hydrogen) atoms. The molecule has 1 aromatic rings. The number of sulfonamides is 1.